The lowest BCUT2D eigenvalue weighted by Gasteiger charge is -2.26. The highest BCUT2D eigenvalue weighted by atomic mass is 35.5. The molecule has 0 saturated carbocycles. The molecule has 1 N–H and O–H groups in total. The third-order valence-electron chi connectivity index (χ3n) is 5.54. The van der Waals surface area contributed by atoms with Gasteiger partial charge in [-0.3, -0.25) is 9.59 Å². The van der Waals surface area contributed by atoms with Crippen LogP contribution >= 0.6 is 11.6 Å². The lowest BCUT2D eigenvalue weighted by Crippen LogP contribution is -2.32. The summed E-state index contributed by atoms with van der Waals surface area (Å²) >= 11 is 6.07. The van der Waals surface area contributed by atoms with Crippen LogP contribution in [-0.2, 0) is 9.59 Å². The number of ketones is 1. The standard InChI is InChI=1S/C26H31ClN2O4/c1-16(2)33-21-12-9-19(15-17(21)3)24(30)22-23(18-7-10-20(27)11-8-18)29(26(32)25(22)31)14-6-13-28(4)5/h7-12,15-16,23,30H,6,13-14H2,1-5H3/b24-22+. The number of carbonyl (C=O) groups is 2. The van der Waals surface area contributed by atoms with E-state index in [4.69, 9.17) is 16.3 Å². The molecule has 1 aliphatic rings. The molecule has 2 aromatic carbocycles. The molecule has 6 nitrogen and oxygen atoms in total. The van der Waals surface area contributed by atoms with Crippen molar-refractivity contribution >= 4 is 29.1 Å². The predicted octanol–water partition coefficient (Wildman–Crippen LogP) is 4.81. The maximum absolute atomic E-state index is 13.1. The number of rotatable bonds is 8. The van der Waals surface area contributed by atoms with Crippen LogP contribution in [-0.4, -0.2) is 59.9 Å². The summed E-state index contributed by atoms with van der Waals surface area (Å²) in [4.78, 5) is 29.7. The summed E-state index contributed by atoms with van der Waals surface area (Å²) in [6.45, 7) is 6.93. The number of benzene rings is 2. The SMILES string of the molecule is Cc1cc(/C(O)=C2\C(=O)C(=O)N(CCCN(C)C)C2c2ccc(Cl)cc2)ccc1OC(C)C. The van der Waals surface area contributed by atoms with Crippen molar-refractivity contribution in [2.75, 3.05) is 27.2 Å². The van der Waals surface area contributed by atoms with Crippen molar-refractivity contribution in [3.8, 4) is 5.75 Å². The molecule has 1 heterocycles. The lowest BCUT2D eigenvalue weighted by atomic mass is 9.94. The topological polar surface area (TPSA) is 70.1 Å². The number of hydrogen-bond acceptors (Lipinski definition) is 5. The fourth-order valence-corrected chi connectivity index (χ4v) is 4.12. The van der Waals surface area contributed by atoms with Gasteiger partial charge in [-0.1, -0.05) is 23.7 Å². The highest BCUT2D eigenvalue weighted by Crippen LogP contribution is 2.40. The minimum absolute atomic E-state index is 0.0144. The molecule has 1 saturated heterocycles. The average molecular weight is 471 g/mol. The molecule has 1 aliphatic heterocycles. The van der Waals surface area contributed by atoms with E-state index in [9.17, 15) is 14.7 Å². The number of likely N-dealkylation sites (tertiary alicyclic amines) is 1. The third kappa shape index (κ3) is 5.57. The lowest BCUT2D eigenvalue weighted by molar-refractivity contribution is -0.139. The Morgan fingerprint density at radius 2 is 1.82 bits per heavy atom. The number of amides is 1. The Kier molecular flexibility index (Phi) is 7.82. The van der Waals surface area contributed by atoms with Crippen LogP contribution in [0.4, 0.5) is 0 Å². The molecule has 0 aliphatic carbocycles. The minimum atomic E-state index is -0.684. The van der Waals surface area contributed by atoms with Gasteiger partial charge in [0, 0.05) is 17.1 Å². The Bertz CT molecular complexity index is 1060. The van der Waals surface area contributed by atoms with Gasteiger partial charge in [-0.25, -0.2) is 0 Å². The van der Waals surface area contributed by atoms with Gasteiger partial charge in [0.2, 0.25) is 0 Å². The number of ether oxygens (including phenoxy) is 1. The van der Waals surface area contributed by atoms with E-state index in [1.165, 1.54) is 0 Å². The smallest absolute Gasteiger partial charge is 0.295 e. The van der Waals surface area contributed by atoms with Crippen LogP contribution in [0, 0.1) is 6.92 Å². The van der Waals surface area contributed by atoms with Gasteiger partial charge in [0.25, 0.3) is 11.7 Å². The Hall–Kier alpha value is -2.83. The van der Waals surface area contributed by atoms with E-state index in [1.807, 2.05) is 39.8 Å². The molecule has 7 heteroatoms. The second-order valence-corrected chi connectivity index (χ2v) is 9.28. The predicted molar refractivity (Wildman–Crippen MR) is 131 cm³/mol. The molecular formula is C26H31ClN2O4. The summed E-state index contributed by atoms with van der Waals surface area (Å²) in [5.41, 5.74) is 2.11. The van der Waals surface area contributed by atoms with Crippen LogP contribution in [0.25, 0.3) is 5.76 Å². The van der Waals surface area contributed by atoms with E-state index in [2.05, 4.69) is 0 Å². The second-order valence-electron chi connectivity index (χ2n) is 8.85. The Labute approximate surface area is 200 Å². The van der Waals surface area contributed by atoms with Gasteiger partial charge >= 0.3 is 0 Å². The van der Waals surface area contributed by atoms with Crippen LogP contribution in [0.5, 0.6) is 5.75 Å². The molecule has 0 radical (unpaired) electrons. The molecule has 0 aromatic heterocycles. The monoisotopic (exact) mass is 470 g/mol. The number of Topliss-reactive ketones (excluding diaryl/α,β-unsaturated/α-hetero) is 1. The first-order valence-corrected chi connectivity index (χ1v) is 11.4. The summed E-state index contributed by atoms with van der Waals surface area (Å²) in [5, 5.41) is 11.8. The van der Waals surface area contributed by atoms with Gasteiger partial charge in [-0.15, -0.1) is 0 Å². The van der Waals surface area contributed by atoms with Crippen LogP contribution in [0.1, 0.15) is 43.0 Å². The molecule has 2 aromatic rings. The van der Waals surface area contributed by atoms with Crippen molar-refractivity contribution in [2.24, 2.45) is 0 Å². The summed E-state index contributed by atoms with van der Waals surface area (Å²) in [7, 11) is 3.92. The first-order chi connectivity index (χ1) is 15.6. The fourth-order valence-electron chi connectivity index (χ4n) is 4.00. The molecule has 1 amide bonds. The molecule has 1 unspecified atom stereocenters. The number of nitrogens with zero attached hydrogens (tertiary/aromatic N) is 2. The second kappa shape index (κ2) is 10.4. The number of halogens is 1. The van der Waals surface area contributed by atoms with Gasteiger partial charge in [-0.05, 0) is 89.3 Å². The van der Waals surface area contributed by atoms with E-state index in [0.717, 1.165) is 17.7 Å². The molecule has 176 valence electrons. The zero-order valence-electron chi connectivity index (χ0n) is 19.8. The van der Waals surface area contributed by atoms with E-state index < -0.39 is 17.7 Å². The van der Waals surface area contributed by atoms with Crippen molar-refractivity contribution in [3.05, 3.63) is 69.8 Å². The summed E-state index contributed by atoms with van der Waals surface area (Å²) in [6.07, 6.45) is 0.713. The van der Waals surface area contributed by atoms with Crippen molar-refractivity contribution in [1.29, 1.82) is 0 Å². The highest BCUT2D eigenvalue weighted by Gasteiger charge is 2.45. The van der Waals surface area contributed by atoms with E-state index in [0.29, 0.717) is 29.3 Å². The molecule has 3 rings (SSSR count). The zero-order chi connectivity index (χ0) is 24.3. The number of carbonyl (C=O) groups excluding carboxylic acids is 2. The summed E-state index contributed by atoms with van der Waals surface area (Å²) in [5.74, 6) is -0.772. The maximum atomic E-state index is 13.1. The average Bonchev–Trinajstić information content (AvgIpc) is 2.99. The van der Waals surface area contributed by atoms with Gasteiger partial charge in [-0.2, -0.15) is 0 Å². The summed E-state index contributed by atoms with van der Waals surface area (Å²) < 4.78 is 5.78. The number of hydrogen-bond donors (Lipinski definition) is 1. The molecule has 0 spiro atoms. The van der Waals surface area contributed by atoms with Crippen LogP contribution < -0.4 is 4.74 Å². The maximum Gasteiger partial charge on any atom is 0.295 e. The quantitative estimate of drug-likeness (QED) is 0.340. The van der Waals surface area contributed by atoms with Crippen LogP contribution in [0.3, 0.4) is 0 Å². The normalized spacial score (nSPS) is 17.9. The Balaban J connectivity index is 2.07. The Morgan fingerprint density at radius 3 is 2.39 bits per heavy atom. The molecule has 1 fully saturated rings. The first-order valence-electron chi connectivity index (χ1n) is 11.1. The Morgan fingerprint density at radius 1 is 1.15 bits per heavy atom. The van der Waals surface area contributed by atoms with Gasteiger partial charge in [0.1, 0.15) is 11.5 Å². The fraction of sp³-hybridized carbons (Fsp3) is 0.385. The van der Waals surface area contributed by atoms with E-state index in [1.54, 1.807) is 47.4 Å². The highest BCUT2D eigenvalue weighted by molar-refractivity contribution is 6.46. The van der Waals surface area contributed by atoms with Gasteiger partial charge in [0.15, 0.2) is 0 Å². The van der Waals surface area contributed by atoms with Crippen LogP contribution in [0.15, 0.2) is 48.0 Å². The van der Waals surface area contributed by atoms with E-state index in [-0.39, 0.29) is 17.4 Å². The molecular weight excluding hydrogens is 440 g/mol. The van der Waals surface area contributed by atoms with E-state index >= 15 is 0 Å². The summed E-state index contributed by atoms with van der Waals surface area (Å²) in [6, 6.07) is 11.6. The zero-order valence-corrected chi connectivity index (χ0v) is 20.5. The van der Waals surface area contributed by atoms with Crippen LogP contribution in [0.2, 0.25) is 5.02 Å². The number of aliphatic hydroxyl groups is 1. The number of aliphatic hydroxyl groups excluding tert-OH is 1. The van der Waals surface area contributed by atoms with Gasteiger partial charge < -0.3 is 19.6 Å². The first kappa shape index (κ1) is 24.8. The third-order valence-corrected chi connectivity index (χ3v) is 5.79. The largest absolute Gasteiger partial charge is 0.507 e. The molecule has 33 heavy (non-hydrogen) atoms. The van der Waals surface area contributed by atoms with Crippen molar-refractivity contribution in [3.63, 3.8) is 0 Å². The number of aryl methyl sites for hydroxylation is 1. The van der Waals surface area contributed by atoms with Gasteiger partial charge in [0.05, 0.1) is 17.7 Å². The van der Waals surface area contributed by atoms with Crippen molar-refractivity contribution in [2.45, 2.75) is 39.3 Å². The molecule has 1 atom stereocenters. The minimum Gasteiger partial charge on any atom is -0.507 e. The van der Waals surface area contributed by atoms with Crippen molar-refractivity contribution in [1.82, 2.24) is 9.80 Å². The van der Waals surface area contributed by atoms with Crippen molar-refractivity contribution < 1.29 is 19.4 Å². The molecule has 0 bridgehead atoms.